The molecule has 0 fully saturated rings. The maximum absolute atomic E-state index is 14.1. The molecule has 0 aromatic heterocycles. The molecule has 3 atom stereocenters. The van der Waals surface area contributed by atoms with Crippen molar-refractivity contribution in [3.63, 3.8) is 0 Å². The Bertz CT molecular complexity index is 1070. The largest absolute Gasteiger partial charge is 0.494 e. The number of allylic oxidation sites excluding steroid dienone is 1. The molecular weight excluding hydrogens is 619 g/mol. The van der Waals surface area contributed by atoms with E-state index in [0.29, 0.717) is 49.8 Å². The van der Waals surface area contributed by atoms with E-state index in [1.165, 1.54) is 13.2 Å². The van der Waals surface area contributed by atoms with E-state index in [9.17, 15) is 42.9 Å². The van der Waals surface area contributed by atoms with E-state index in [1.807, 2.05) is 0 Å². The molecule has 12 heteroatoms. The number of ether oxygens (including phenoxy) is 2. The van der Waals surface area contributed by atoms with Gasteiger partial charge in [-0.05, 0) is 43.4 Å². The number of carboxylic acid groups (broad SMARTS) is 2. The van der Waals surface area contributed by atoms with E-state index in [2.05, 4.69) is 12.2 Å². The number of halogens is 3. The maximum atomic E-state index is 14.1. The van der Waals surface area contributed by atoms with Crippen LogP contribution in [0, 0.1) is 5.92 Å². The first-order valence-corrected chi connectivity index (χ1v) is 16.7. The van der Waals surface area contributed by atoms with Gasteiger partial charge < -0.3 is 30.1 Å². The number of aliphatic carboxylic acids is 2. The molecule has 0 saturated heterocycles. The maximum Gasteiger partial charge on any atom is 0.336 e. The number of carbonyl (C=O) groups excluding carboxylic acids is 1. The summed E-state index contributed by atoms with van der Waals surface area (Å²) >= 11 is 0. The quantitative estimate of drug-likeness (QED) is 0.0556. The molecule has 0 bridgehead atoms. The molecule has 0 saturated carbocycles. The van der Waals surface area contributed by atoms with Gasteiger partial charge >= 0.3 is 11.9 Å². The lowest BCUT2D eigenvalue weighted by molar-refractivity contribution is -0.168. The van der Waals surface area contributed by atoms with E-state index >= 15 is 0 Å². The molecule has 1 aromatic carbocycles. The third-order valence-corrected chi connectivity index (χ3v) is 8.02. The average molecular weight is 674 g/mol. The zero-order valence-electron chi connectivity index (χ0n) is 27.9. The molecule has 0 aliphatic heterocycles. The number of unbranched alkanes of at least 4 members (excludes halogenated alkanes) is 8. The van der Waals surface area contributed by atoms with Crippen LogP contribution in [-0.2, 0) is 25.5 Å². The molecule has 268 valence electrons. The van der Waals surface area contributed by atoms with E-state index < -0.39 is 54.4 Å². The summed E-state index contributed by atoms with van der Waals surface area (Å²) in [4.78, 5) is 37.6. The van der Waals surface area contributed by atoms with Gasteiger partial charge in [-0.25, -0.2) is 18.4 Å². The van der Waals surface area contributed by atoms with Crippen molar-refractivity contribution < 1.29 is 52.3 Å². The first kappa shape index (κ1) is 41.9. The van der Waals surface area contributed by atoms with Crippen LogP contribution in [0.5, 0.6) is 5.75 Å². The second kappa shape index (κ2) is 23.2. The molecule has 0 aliphatic carbocycles. The lowest BCUT2D eigenvalue weighted by Gasteiger charge is -2.30. The topological polar surface area (TPSA) is 142 Å². The Kier molecular flexibility index (Phi) is 20.7. The summed E-state index contributed by atoms with van der Waals surface area (Å²) in [6.45, 7) is 1.58. The summed E-state index contributed by atoms with van der Waals surface area (Å²) in [5, 5.41) is 33.2. The summed E-state index contributed by atoms with van der Waals surface area (Å²) in [5.74, 6) is -7.85. The number of benzene rings is 1. The molecule has 0 spiro atoms. The molecule has 4 N–H and O–H groups in total. The van der Waals surface area contributed by atoms with Gasteiger partial charge in [0, 0.05) is 45.8 Å². The van der Waals surface area contributed by atoms with Crippen LogP contribution in [-0.4, -0.2) is 77.7 Å². The van der Waals surface area contributed by atoms with Gasteiger partial charge in [-0.15, -0.1) is 0 Å². The summed E-state index contributed by atoms with van der Waals surface area (Å²) in [7, 11) is 1.31. The fourth-order valence-electron chi connectivity index (χ4n) is 5.12. The van der Waals surface area contributed by atoms with Crippen LogP contribution in [0.1, 0.15) is 102 Å². The van der Waals surface area contributed by atoms with Crippen LogP contribution in [0.2, 0.25) is 0 Å². The van der Waals surface area contributed by atoms with Crippen LogP contribution in [0.4, 0.5) is 13.2 Å². The smallest absolute Gasteiger partial charge is 0.336 e. The SMILES string of the molecule is CCCCCCCC(F)(F)CCCCCCC=C[C@H](C(=O)N[C@@H](Cc1ccc(OCCCF)cc1)C(=O)O)[C@@](O)(CCOC)C(=O)O. The Hall–Kier alpha value is -3.12. The van der Waals surface area contributed by atoms with Gasteiger partial charge in [0.05, 0.1) is 19.2 Å². The first-order chi connectivity index (χ1) is 22.4. The lowest BCUT2D eigenvalue weighted by Crippen LogP contribution is -2.55. The van der Waals surface area contributed by atoms with E-state index in [1.54, 1.807) is 30.3 Å². The molecule has 1 amide bonds. The predicted molar refractivity (Wildman–Crippen MR) is 174 cm³/mol. The van der Waals surface area contributed by atoms with E-state index in [0.717, 1.165) is 25.7 Å². The van der Waals surface area contributed by atoms with Crippen LogP contribution in [0.15, 0.2) is 36.4 Å². The average Bonchev–Trinajstić information content (AvgIpc) is 3.03. The summed E-state index contributed by atoms with van der Waals surface area (Å²) < 4.78 is 50.9. The first-order valence-electron chi connectivity index (χ1n) is 16.7. The summed E-state index contributed by atoms with van der Waals surface area (Å²) in [6, 6.07) is 4.95. The fraction of sp³-hybridized carbons (Fsp3) is 0.686. The Morgan fingerprint density at radius 3 is 2.06 bits per heavy atom. The molecule has 0 heterocycles. The van der Waals surface area contributed by atoms with Crippen LogP contribution in [0.3, 0.4) is 0 Å². The molecule has 0 unspecified atom stereocenters. The second-order valence-electron chi connectivity index (χ2n) is 12.0. The Morgan fingerprint density at radius 1 is 0.894 bits per heavy atom. The van der Waals surface area contributed by atoms with Crippen molar-refractivity contribution in [2.75, 3.05) is 27.0 Å². The van der Waals surface area contributed by atoms with Gasteiger partial charge in [-0.1, -0.05) is 69.7 Å². The monoisotopic (exact) mass is 673 g/mol. The third kappa shape index (κ3) is 17.0. The normalized spacial score (nSPS) is 14.4. The van der Waals surface area contributed by atoms with E-state index in [-0.39, 0.29) is 38.9 Å². The molecule has 9 nitrogen and oxygen atoms in total. The molecule has 0 radical (unpaired) electrons. The highest BCUT2D eigenvalue weighted by molar-refractivity contribution is 5.92. The van der Waals surface area contributed by atoms with Crippen molar-refractivity contribution >= 4 is 17.8 Å². The molecule has 0 aliphatic rings. The zero-order chi connectivity index (χ0) is 35.1. The highest BCUT2D eigenvalue weighted by Crippen LogP contribution is 2.29. The number of alkyl halides is 3. The van der Waals surface area contributed by atoms with Crippen molar-refractivity contribution in [2.24, 2.45) is 5.92 Å². The third-order valence-electron chi connectivity index (χ3n) is 8.02. The van der Waals surface area contributed by atoms with Gasteiger partial charge in [0.2, 0.25) is 11.8 Å². The van der Waals surface area contributed by atoms with Gasteiger partial charge in [-0.3, -0.25) is 9.18 Å². The van der Waals surface area contributed by atoms with Gasteiger partial charge in [0.15, 0.2) is 5.60 Å². The number of methoxy groups -OCH3 is 1. The lowest BCUT2D eigenvalue weighted by atomic mass is 9.83. The number of rotatable bonds is 28. The number of carboxylic acids is 2. The number of hydrogen-bond acceptors (Lipinski definition) is 6. The zero-order valence-corrected chi connectivity index (χ0v) is 27.9. The van der Waals surface area contributed by atoms with Crippen molar-refractivity contribution in [3.8, 4) is 5.75 Å². The van der Waals surface area contributed by atoms with Crippen molar-refractivity contribution in [1.29, 1.82) is 0 Å². The van der Waals surface area contributed by atoms with Crippen LogP contribution >= 0.6 is 0 Å². The number of nitrogens with one attached hydrogen (secondary N) is 1. The van der Waals surface area contributed by atoms with Crippen molar-refractivity contribution in [2.45, 2.75) is 121 Å². The van der Waals surface area contributed by atoms with E-state index in [4.69, 9.17) is 9.47 Å². The van der Waals surface area contributed by atoms with Crippen LogP contribution < -0.4 is 10.1 Å². The number of aliphatic hydroxyl groups is 1. The summed E-state index contributed by atoms with van der Waals surface area (Å²) in [5.41, 5.74) is -2.04. The molecule has 1 aromatic rings. The second-order valence-corrected chi connectivity index (χ2v) is 12.0. The van der Waals surface area contributed by atoms with Crippen LogP contribution in [0.25, 0.3) is 0 Å². The molecule has 1 rings (SSSR count). The molecule has 47 heavy (non-hydrogen) atoms. The highest BCUT2D eigenvalue weighted by Gasteiger charge is 2.47. The van der Waals surface area contributed by atoms with Gasteiger partial charge in [0.25, 0.3) is 0 Å². The minimum absolute atomic E-state index is 0.0922. The fourth-order valence-corrected chi connectivity index (χ4v) is 5.12. The highest BCUT2D eigenvalue weighted by atomic mass is 19.3. The molecular formula is C35H54F3NO8. The van der Waals surface area contributed by atoms with Crippen molar-refractivity contribution in [1.82, 2.24) is 5.32 Å². The Morgan fingerprint density at radius 2 is 1.51 bits per heavy atom. The van der Waals surface area contributed by atoms with Crippen molar-refractivity contribution in [3.05, 3.63) is 42.0 Å². The number of carbonyl (C=O) groups is 3. The standard InChI is InChI=1S/C35H54F3NO8/c1-3-4-5-9-12-20-34(37,38)21-13-10-7-6-8-11-15-29(35(45,33(43)44)22-25-46-2)31(40)39-30(32(41)42)26-27-16-18-28(19-17-27)47-24-14-23-36/h11,15-19,29-30,45H,3-10,12-14,20-26H2,1-2H3,(H,39,40)(H,41,42)(H,43,44)/t29-,30+,35+/m1/s1. The number of hydrogen-bond donors (Lipinski definition) is 4. The minimum Gasteiger partial charge on any atom is -0.494 e. The Labute approximate surface area is 276 Å². The summed E-state index contributed by atoms with van der Waals surface area (Å²) in [6.07, 6.45) is 9.32. The van der Waals surface area contributed by atoms with Gasteiger partial charge in [-0.2, -0.15) is 0 Å². The minimum atomic E-state index is -2.67. The predicted octanol–water partition coefficient (Wildman–Crippen LogP) is 6.90. The number of amides is 1. The van der Waals surface area contributed by atoms with Gasteiger partial charge in [0.1, 0.15) is 11.8 Å². The Balaban J connectivity index is 2.82.